The molecule has 0 atom stereocenters. The first-order valence-electron chi connectivity index (χ1n) is 7.78. The summed E-state index contributed by atoms with van der Waals surface area (Å²) in [5, 5.41) is 5.73. The summed E-state index contributed by atoms with van der Waals surface area (Å²) in [7, 11) is 0. The number of anilines is 1. The van der Waals surface area contributed by atoms with Crippen LogP contribution in [0.5, 0.6) is 5.75 Å². The predicted molar refractivity (Wildman–Crippen MR) is 84.9 cm³/mol. The van der Waals surface area contributed by atoms with Gasteiger partial charge in [0.25, 0.3) is 0 Å². The average Bonchev–Trinajstić information content (AvgIpc) is 2.99. The zero-order valence-corrected chi connectivity index (χ0v) is 12.7. The number of urea groups is 1. The van der Waals surface area contributed by atoms with E-state index >= 15 is 0 Å². The summed E-state index contributed by atoms with van der Waals surface area (Å²) >= 11 is 0. The van der Waals surface area contributed by atoms with E-state index in [9.17, 15) is 4.79 Å². The van der Waals surface area contributed by atoms with Crippen molar-refractivity contribution in [1.82, 2.24) is 10.2 Å². The molecular formula is C16H25N3O2. The lowest BCUT2D eigenvalue weighted by atomic mass is 10.3. The maximum absolute atomic E-state index is 11.9. The number of para-hydroxylation sites is 2. The fourth-order valence-corrected chi connectivity index (χ4v) is 2.53. The highest BCUT2D eigenvalue weighted by atomic mass is 16.5. The third-order valence-corrected chi connectivity index (χ3v) is 3.57. The molecule has 116 valence electrons. The molecule has 0 spiro atoms. The third kappa shape index (κ3) is 5.27. The second-order valence-corrected chi connectivity index (χ2v) is 5.21. The van der Waals surface area contributed by atoms with Gasteiger partial charge in [0.05, 0.1) is 12.3 Å². The SMILES string of the molecule is CCOc1ccccc1NC(=O)NCCCN1CCCC1. The number of hydrogen-bond acceptors (Lipinski definition) is 3. The number of benzene rings is 1. The highest BCUT2D eigenvalue weighted by Crippen LogP contribution is 2.23. The Balaban J connectivity index is 1.69. The maximum atomic E-state index is 11.9. The van der Waals surface area contributed by atoms with Crippen molar-refractivity contribution < 1.29 is 9.53 Å². The molecule has 1 heterocycles. The molecule has 1 aliphatic rings. The number of rotatable bonds is 7. The van der Waals surface area contributed by atoms with Gasteiger partial charge in [0.15, 0.2) is 0 Å². The summed E-state index contributed by atoms with van der Waals surface area (Å²) < 4.78 is 5.48. The van der Waals surface area contributed by atoms with Crippen molar-refractivity contribution in [2.24, 2.45) is 0 Å². The number of nitrogens with zero attached hydrogens (tertiary/aromatic N) is 1. The minimum atomic E-state index is -0.177. The minimum absolute atomic E-state index is 0.177. The van der Waals surface area contributed by atoms with E-state index in [0.717, 1.165) is 13.0 Å². The van der Waals surface area contributed by atoms with Gasteiger partial charge in [-0.05, 0) is 58.0 Å². The Morgan fingerprint density at radius 3 is 2.81 bits per heavy atom. The molecule has 2 N–H and O–H groups in total. The average molecular weight is 291 g/mol. The molecule has 1 aromatic carbocycles. The lowest BCUT2D eigenvalue weighted by Gasteiger charge is -2.15. The van der Waals surface area contributed by atoms with Crippen LogP contribution < -0.4 is 15.4 Å². The van der Waals surface area contributed by atoms with Gasteiger partial charge < -0.3 is 20.3 Å². The van der Waals surface area contributed by atoms with Crippen molar-refractivity contribution in [1.29, 1.82) is 0 Å². The van der Waals surface area contributed by atoms with Crippen LogP contribution in [0.25, 0.3) is 0 Å². The summed E-state index contributed by atoms with van der Waals surface area (Å²) in [6.07, 6.45) is 3.60. The Hall–Kier alpha value is -1.75. The van der Waals surface area contributed by atoms with Gasteiger partial charge in [-0.15, -0.1) is 0 Å². The molecule has 0 unspecified atom stereocenters. The number of ether oxygens (including phenoxy) is 1. The van der Waals surface area contributed by atoms with Crippen molar-refractivity contribution in [3.63, 3.8) is 0 Å². The first kappa shape index (κ1) is 15.6. The van der Waals surface area contributed by atoms with Gasteiger partial charge >= 0.3 is 6.03 Å². The zero-order chi connectivity index (χ0) is 14.9. The summed E-state index contributed by atoms with van der Waals surface area (Å²) in [6, 6.07) is 7.29. The van der Waals surface area contributed by atoms with Crippen LogP contribution >= 0.6 is 0 Å². The molecule has 0 aromatic heterocycles. The van der Waals surface area contributed by atoms with Gasteiger partial charge in [0.2, 0.25) is 0 Å². The number of nitrogens with one attached hydrogen (secondary N) is 2. The van der Waals surface area contributed by atoms with Crippen LogP contribution in [0.1, 0.15) is 26.2 Å². The van der Waals surface area contributed by atoms with Crippen molar-refractivity contribution in [2.45, 2.75) is 26.2 Å². The number of likely N-dealkylation sites (tertiary alicyclic amines) is 1. The molecule has 2 amide bonds. The van der Waals surface area contributed by atoms with Gasteiger partial charge in [-0.2, -0.15) is 0 Å². The van der Waals surface area contributed by atoms with Crippen LogP contribution in [0.3, 0.4) is 0 Å². The molecule has 21 heavy (non-hydrogen) atoms. The normalized spacial score (nSPS) is 14.9. The van der Waals surface area contributed by atoms with Gasteiger partial charge in [-0.3, -0.25) is 0 Å². The van der Waals surface area contributed by atoms with Crippen molar-refractivity contribution in [3.8, 4) is 5.75 Å². The summed E-state index contributed by atoms with van der Waals surface area (Å²) in [6.45, 7) is 6.67. The van der Waals surface area contributed by atoms with Gasteiger partial charge in [-0.25, -0.2) is 4.79 Å². The molecule has 1 saturated heterocycles. The first-order valence-corrected chi connectivity index (χ1v) is 7.78. The third-order valence-electron chi connectivity index (χ3n) is 3.57. The van der Waals surface area contributed by atoms with Crippen LogP contribution in [-0.4, -0.2) is 43.7 Å². The summed E-state index contributed by atoms with van der Waals surface area (Å²) in [5.74, 6) is 0.701. The van der Waals surface area contributed by atoms with Crippen LogP contribution in [0.4, 0.5) is 10.5 Å². The monoisotopic (exact) mass is 291 g/mol. The molecule has 1 aromatic rings. The fraction of sp³-hybridized carbons (Fsp3) is 0.562. The zero-order valence-electron chi connectivity index (χ0n) is 12.7. The van der Waals surface area contributed by atoms with E-state index in [4.69, 9.17) is 4.74 Å². The van der Waals surface area contributed by atoms with Gasteiger partial charge in [0.1, 0.15) is 5.75 Å². The Labute approximate surface area is 126 Å². The van der Waals surface area contributed by atoms with E-state index in [1.807, 2.05) is 31.2 Å². The van der Waals surface area contributed by atoms with Crippen LogP contribution in [0, 0.1) is 0 Å². The number of hydrogen-bond donors (Lipinski definition) is 2. The second kappa shape index (κ2) is 8.52. The molecule has 0 bridgehead atoms. The highest BCUT2D eigenvalue weighted by molar-refractivity contribution is 5.90. The molecule has 2 rings (SSSR count). The van der Waals surface area contributed by atoms with Crippen molar-refractivity contribution >= 4 is 11.7 Å². The Morgan fingerprint density at radius 2 is 2.05 bits per heavy atom. The maximum Gasteiger partial charge on any atom is 0.319 e. The van der Waals surface area contributed by atoms with Crippen molar-refractivity contribution in [2.75, 3.05) is 38.1 Å². The quantitative estimate of drug-likeness (QED) is 0.759. The van der Waals surface area contributed by atoms with Crippen molar-refractivity contribution in [3.05, 3.63) is 24.3 Å². The minimum Gasteiger partial charge on any atom is -0.492 e. The van der Waals surface area contributed by atoms with Crippen LogP contribution in [-0.2, 0) is 0 Å². The van der Waals surface area contributed by atoms with Crippen LogP contribution in [0.2, 0.25) is 0 Å². The first-order chi connectivity index (χ1) is 10.3. The smallest absolute Gasteiger partial charge is 0.319 e. The standard InChI is InChI=1S/C16H25N3O2/c1-2-21-15-9-4-3-8-14(15)18-16(20)17-10-7-13-19-11-5-6-12-19/h3-4,8-9H,2,5-7,10-13H2,1H3,(H2,17,18,20). The summed E-state index contributed by atoms with van der Waals surface area (Å²) in [4.78, 5) is 14.3. The molecule has 1 fully saturated rings. The fourth-order valence-electron chi connectivity index (χ4n) is 2.53. The van der Waals surface area contributed by atoms with E-state index < -0.39 is 0 Å². The van der Waals surface area contributed by atoms with E-state index in [2.05, 4.69) is 15.5 Å². The molecule has 0 saturated carbocycles. The number of carbonyl (C=O) groups excluding carboxylic acids is 1. The predicted octanol–water partition coefficient (Wildman–Crippen LogP) is 2.69. The van der Waals surface area contributed by atoms with Gasteiger partial charge in [-0.1, -0.05) is 12.1 Å². The number of amides is 2. The molecule has 5 heteroatoms. The largest absolute Gasteiger partial charge is 0.492 e. The Kier molecular flexibility index (Phi) is 6.34. The number of carbonyl (C=O) groups is 1. The topological polar surface area (TPSA) is 53.6 Å². The summed E-state index contributed by atoms with van der Waals surface area (Å²) in [5.41, 5.74) is 0.705. The molecular weight excluding hydrogens is 266 g/mol. The highest BCUT2D eigenvalue weighted by Gasteiger charge is 2.11. The molecule has 1 aliphatic heterocycles. The second-order valence-electron chi connectivity index (χ2n) is 5.21. The van der Waals surface area contributed by atoms with E-state index in [1.165, 1.54) is 25.9 Å². The lowest BCUT2D eigenvalue weighted by molar-refractivity contribution is 0.250. The van der Waals surface area contributed by atoms with Gasteiger partial charge in [0, 0.05) is 6.54 Å². The van der Waals surface area contributed by atoms with E-state index in [-0.39, 0.29) is 6.03 Å². The van der Waals surface area contributed by atoms with E-state index in [0.29, 0.717) is 24.6 Å². The Bertz CT molecular complexity index is 445. The Morgan fingerprint density at radius 1 is 1.29 bits per heavy atom. The van der Waals surface area contributed by atoms with Crippen LogP contribution in [0.15, 0.2) is 24.3 Å². The molecule has 5 nitrogen and oxygen atoms in total. The van der Waals surface area contributed by atoms with E-state index in [1.54, 1.807) is 0 Å². The lowest BCUT2D eigenvalue weighted by Crippen LogP contribution is -2.32. The molecule has 0 radical (unpaired) electrons. The molecule has 0 aliphatic carbocycles.